The zero-order valence-electron chi connectivity index (χ0n) is 10.8. The normalized spacial score (nSPS) is 11.6. The zero-order chi connectivity index (χ0) is 16.7. The van der Waals surface area contributed by atoms with Gasteiger partial charge in [0.25, 0.3) is 5.56 Å². The summed E-state index contributed by atoms with van der Waals surface area (Å²) in [6.45, 7) is 0. The molecule has 0 bridgehead atoms. The molecule has 0 saturated carbocycles. The first-order valence-electron chi connectivity index (χ1n) is 5.69. The highest BCUT2D eigenvalue weighted by Gasteiger charge is 2.32. The number of alkyl halides is 3. The van der Waals surface area contributed by atoms with Gasteiger partial charge in [-0.25, -0.2) is 0 Å². The molecule has 22 heavy (non-hydrogen) atoms. The van der Waals surface area contributed by atoms with Crippen molar-refractivity contribution < 1.29 is 13.2 Å². The topological polar surface area (TPSA) is 46.9 Å². The van der Waals surface area contributed by atoms with Crippen LogP contribution in [0.15, 0.2) is 23.1 Å². The van der Waals surface area contributed by atoms with Crippen LogP contribution in [0.2, 0.25) is 15.1 Å². The van der Waals surface area contributed by atoms with E-state index in [9.17, 15) is 18.0 Å². The predicted molar refractivity (Wildman–Crippen MR) is 79.4 cm³/mol. The van der Waals surface area contributed by atoms with Crippen molar-refractivity contribution in [3.8, 4) is 5.69 Å². The number of halogens is 6. The standard InChI is InChI=1S/C12H7Cl3F3N3O/c1-19-8-4-20-21(11(22)9(8)15)10-6(13)2-5(3-7(10)14)12(16,17)18/h2-4,19H,1H3. The highest BCUT2D eigenvalue weighted by atomic mass is 35.5. The largest absolute Gasteiger partial charge is 0.416 e. The number of hydrogen-bond acceptors (Lipinski definition) is 3. The molecule has 0 aliphatic heterocycles. The van der Waals surface area contributed by atoms with E-state index in [1.807, 2.05) is 0 Å². The second-order valence-electron chi connectivity index (χ2n) is 4.13. The summed E-state index contributed by atoms with van der Waals surface area (Å²) in [5, 5.41) is 5.52. The molecule has 118 valence electrons. The molecular weight excluding hydrogens is 366 g/mol. The highest BCUT2D eigenvalue weighted by molar-refractivity contribution is 6.38. The molecule has 0 aliphatic rings. The zero-order valence-corrected chi connectivity index (χ0v) is 13.1. The van der Waals surface area contributed by atoms with Gasteiger partial charge in [-0.15, -0.1) is 0 Å². The van der Waals surface area contributed by atoms with Gasteiger partial charge in [-0.3, -0.25) is 4.79 Å². The lowest BCUT2D eigenvalue weighted by molar-refractivity contribution is -0.137. The molecule has 2 aromatic rings. The Morgan fingerprint density at radius 1 is 1.18 bits per heavy atom. The third kappa shape index (κ3) is 3.02. The van der Waals surface area contributed by atoms with Crippen molar-refractivity contribution in [2.45, 2.75) is 6.18 Å². The van der Waals surface area contributed by atoms with E-state index in [0.717, 1.165) is 4.68 Å². The first-order valence-corrected chi connectivity index (χ1v) is 6.82. The smallest absolute Gasteiger partial charge is 0.385 e. The van der Waals surface area contributed by atoms with E-state index < -0.39 is 17.3 Å². The Labute approximate surface area is 137 Å². The summed E-state index contributed by atoms with van der Waals surface area (Å²) in [6, 6.07) is 1.33. The third-order valence-electron chi connectivity index (χ3n) is 2.74. The Bertz CT molecular complexity index is 766. The van der Waals surface area contributed by atoms with Gasteiger partial charge in [0.2, 0.25) is 0 Å². The van der Waals surface area contributed by atoms with E-state index in [1.165, 1.54) is 13.2 Å². The molecule has 0 saturated heterocycles. The highest BCUT2D eigenvalue weighted by Crippen LogP contribution is 2.37. The molecule has 0 amide bonds. The van der Waals surface area contributed by atoms with Crippen LogP contribution in [0.1, 0.15) is 5.56 Å². The van der Waals surface area contributed by atoms with Crippen LogP contribution >= 0.6 is 34.8 Å². The number of hydrogen-bond donors (Lipinski definition) is 1. The summed E-state index contributed by atoms with van der Waals surface area (Å²) in [6.07, 6.45) is -3.38. The molecular formula is C12H7Cl3F3N3O. The van der Waals surface area contributed by atoms with Crippen LogP contribution in [0.4, 0.5) is 18.9 Å². The first kappa shape index (κ1) is 16.9. The van der Waals surface area contributed by atoms with Gasteiger partial charge in [-0.05, 0) is 12.1 Å². The molecule has 2 rings (SSSR count). The van der Waals surface area contributed by atoms with Gasteiger partial charge in [0.05, 0.1) is 27.5 Å². The fraction of sp³-hybridized carbons (Fsp3) is 0.167. The maximum atomic E-state index is 12.7. The SMILES string of the molecule is CNc1cnn(-c2c(Cl)cc(C(F)(F)F)cc2Cl)c(=O)c1Cl. The van der Waals surface area contributed by atoms with Crippen molar-refractivity contribution in [2.75, 3.05) is 12.4 Å². The molecule has 10 heteroatoms. The number of rotatable bonds is 2. The summed E-state index contributed by atoms with van der Waals surface area (Å²) in [4.78, 5) is 12.1. The lowest BCUT2D eigenvalue weighted by Gasteiger charge is -2.14. The molecule has 1 aromatic carbocycles. The summed E-state index contributed by atoms with van der Waals surface area (Å²) in [5.41, 5.74) is -1.71. The molecule has 0 radical (unpaired) electrons. The molecule has 1 N–H and O–H groups in total. The van der Waals surface area contributed by atoms with Gasteiger partial charge in [-0.2, -0.15) is 23.0 Å². The van der Waals surface area contributed by atoms with Gasteiger partial charge < -0.3 is 5.32 Å². The molecule has 4 nitrogen and oxygen atoms in total. The van der Waals surface area contributed by atoms with Crippen molar-refractivity contribution in [2.24, 2.45) is 0 Å². The van der Waals surface area contributed by atoms with Gasteiger partial charge >= 0.3 is 6.18 Å². The van der Waals surface area contributed by atoms with Crippen LogP contribution in [0.25, 0.3) is 5.69 Å². The van der Waals surface area contributed by atoms with E-state index in [0.29, 0.717) is 12.1 Å². The van der Waals surface area contributed by atoms with Gasteiger partial charge in [-0.1, -0.05) is 34.8 Å². The summed E-state index contributed by atoms with van der Waals surface area (Å²) >= 11 is 17.5. The summed E-state index contributed by atoms with van der Waals surface area (Å²) in [5.74, 6) is 0. The van der Waals surface area contributed by atoms with E-state index in [1.54, 1.807) is 0 Å². The number of aromatic nitrogens is 2. The van der Waals surface area contributed by atoms with Gasteiger partial charge in [0, 0.05) is 7.05 Å². The van der Waals surface area contributed by atoms with E-state index >= 15 is 0 Å². The van der Waals surface area contributed by atoms with Crippen molar-refractivity contribution in [3.05, 3.63) is 49.3 Å². The molecule has 1 heterocycles. The fourth-order valence-corrected chi connectivity index (χ4v) is 2.57. The average molecular weight is 373 g/mol. The number of anilines is 1. The lowest BCUT2D eigenvalue weighted by atomic mass is 10.2. The fourth-order valence-electron chi connectivity index (χ4n) is 1.70. The third-order valence-corrected chi connectivity index (χ3v) is 3.69. The summed E-state index contributed by atoms with van der Waals surface area (Å²) in [7, 11) is 1.53. The molecule has 0 fully saturated rings. The van der Waals surface area contributed by atoms with Crippen molar-refractivity contribution >= 4 is 40.5 Å². The van der Waals surface area contributed by atoms with Crippen LogP contribution in [0, 0.1) is 0 Å². The Morgan fingerprint density at radius 2 is 1.73 bits per heavy atom. The molecule has 0 atom stereocenters. The van der Waals surface area contributed by atoms with Gasteiger partial charge in [0.15, 0.2) is 0 Å². The maximum Gasteiger partial charge on any atom is 0.416 e. The molecule has 0 unspecified atom stereocenters. The Hall–Kier alpha value is -1.44. The van der Waals surface area contributed by atoms with Crippen molar-refractivity contribution in [3.63, 3.8) is 0 Å². The van der Waals surface area contributed by atoms with Gasteiger partial charge in [0.1, 0.15) is 10.7 Å². The van der Waals surface area contributed by atoms with Crippen LogP contribution < -0.4 is 10.9 Å². The predicted octanol–water partition coefficient (Wildman–Crippen LogP) is 4.25. The minimum Gasteiger partial charge on any atom is -0.385 e. The average Bonchev–Trinajstić information content (AvgIpc) is 2.41. The second-order valence-corrected chi connectivity index (χ2v) is 5.32. The Kier molecular flexibility index (Phi) is 4.60. The van der Waals surface area contributed by atoms with E-state index in [-0.39, 0.29) is 26.4 Å². The van der Waals surface area contributed by atoms with Crippen LogP contribution in [0.5, 0.6) is 0 Å². The quantitative estimate of drug-likeness (QED) is 0.857. The number of nitrogens with zero attached hydrogens (tertiary/aromatic N) is 2. The Balaban J connectivity index is 2.70. The van der Waals surface area contributed by atoms with E-state index in [4.69, 9.17) is 34.8 Å². The number of nitrogens with one attached hydrogen (secondary N) is 1. The Morgan fingerprint density at radius 3 is 2.18 bits per heavy atom. The minimum atomic E-state index is -4.61. The van der Waals surface area contributed by atoms with Crippen molar-refractivity contribution in [1.82, 2.24) is 9.78 Å². The van der Waals surface area contributed by atoms with Crippen LogP contribution in [0.3, 0.4) is 0 Å². The summed E-state index contributed by atoms with van der Waals surface area (Å²) < 4.78 is 38.8. The monoisotopic (exact) mass is 371 g/mol. The van der Waals surface area contributed by atoms with Crippen molar-refractivity contribution in [1.29, 1.82) is 0 Å². The number of benzene rings is 1. The molecule has 0 spiro atoms. The van der Waals surface area contributed by atoms with E-state index in [2.05, 4.69) is 10.4 Å². The lowest BCUT2D eigenvalue weighted by Crippen LogP contribution is -2.23. The maximum absolute atomic E-state index is 12.7. The first-order chi connectivity index (χ1) is 10.2. The van der Waals surface area contributed by atoms with Crippen LogP contribution in [-0.4, -0.2) is 16.8 Å². The minimum absolute atomic E-state index is 0.175. The van der Waals surface area contributed by atoms with Crippen LogP contribution in [-0.2, 0) is 6.18 Å². The molecule has 0 aliphatic carbocycles. The second kappa shape index (κ2) is 5.98. The molecule has 1 aromatic heterocycles.